The van der Waals surface area contributed by atoms with E-state index < -0.39 is 0 Å². The van der Waals surface area contributed by atoms with Crippen LogP contribution in [0.2, 0.25) is 0 Å². The van der Waals surface area contributed by atoms with Gasteiger partial charge >= 0.3 is 0 Å². The van der Waals surface area contributed by atoms with Crippen LogP contribution in [0, 0.1) is 13.7 Å². The normalized spacial score (nSPS) is 16.4. The number of hydrogen-bond acceptors (Lipinski definition) is 4. The number of rotatable bonds is 6. The minimum Gasteiger partial charge on any atom is -0.378 e. The molecule has 104 valence electrons. The van der Waals surface area contributed by atoms with Crippen LogP contribution in [0.5, 0.6) is 0 Å². The van der Waals surface area contributed by atoms with Crippen molar-refractivity contribution in [3.63, 3.8) is 0 Å². The van der Waals surface area contributed by atoms with E-state index in [1.165, 1.54) is 12.8 Å². The molecule has 0 saturated heterocycles. The summed E-state index contributed by atoms with van der Waals surface area (Å²) in [5.74, 6) is 0. The highest BCUT2D eigenvalue weighted by molar-refractivity contribution is 14.1. The predicted octanol–water partition coefficient (Wildman–Crippen LogP) is 3.09. The molecule has 1 fully saturated rings. The average Bonchev–Trinajstić information content (AvgIpc) is 3.20. The molecular weight excluding hydrogens is 357 g/mol. The molecule has 1 aromatic carbocycles. The summed E-state index contributed by atoms with van der Waals surface area (Å²) in [5.41, 5.74) is 0.745. The van der Waals surface area contributed by atoms with E-state index >= 15 is 0 Å². The fourth-order valence-corrected chi connectivity index (χ4v) is 2.52. The lowest BCUT2D eigenvalue weighted by atomic mass is 10.2. The largest absolute Gasteiger partial charge is 0.378 e. The van der Waals surface area contributed by atoms with Crippen LogP contribution in [-0.2, 0) is 0 Å². The number of halogens is 1. The van der Waals surface area contributed by atoms with Gasteiger partial charge < -0.3 is 5.32 Å². The number of likely N-dealkylation sites (N-methyl/N-ethyl adjacent to an activating group) is 1. The number of nitrogens with one attached hydrogen (secondary N) is 1. The van der Waals surface area contributed by atoms with E-state index in [0.717, 1.165) is 3.57 Å². The van der Waals surface area contributed by atoms with Crippen molar-refractivity contribution < 1.29 is 4.92 Å². The Hall–Kier alpha value is -0.890. The Morgan fingerprint density at radius 3 is 2.84 bits per heavy atom. The Morgan fingerprint density at radius 2 is 2.26 bits per heavy atom. The van der Waals surface area contributed by atoms with E-state index in [4.69, 9.17) is 0 Å². The Bertz CT molecular complexity index is 477. The van der Waals surface area contributed by atoms with Gasteiger partial charge in [-0.3, -0.25) is 15.0 Å². The monoisotopic (exact) mass is 375 g/mol. The zero-order valence-electron chi connectivity index (χ0n) is 11.1. The summed E-state index contributed by atoms with van der Waals surface area (Å²) in [6.45, 7) is 2.86. The van der Waals surface area contributed by atoms with Gasteiger partial charge in [0.1, 0.15) is 5.69 Å². The second-order valence-corrected chi connectivity index (χ2v) is 6.29. The first-order valence-electron chi connectivity index (χ1n) is 6.39. The van der Waals surface area contributed by atoms with Gasteiger partial charge in [0.15, 0.2) is 0 Å². The van der Waals surface area contributed by atoms with Gasteiger partial charge in [0.2, 0.25) is 0 Å². The van der Waals surface area contributed by atoms with Crippen LogP contribution in [0.15, 0.2) is 18.2 Å². The number of nitro benzene ring substituents is 1. The SMILES string of the molecule is CC(CNc1ccc(I)cc1[N+](=O)[O-])N(C)C1CC1. The van der Waals surface area contributed by atoms with E-state index in [-0.39, 0.29) is 10.6 Å². The van der Waals surface area contributed by atoms with Crippen molar-refractivity contribution in [1.29, 1.82) is 0 Å². The van der Waals surface area contributed by atoms with Gasteiger partial charge in [-0.15, -0.1) is 0 Å². The number of benzene rings is 1. The Balaban J connectivity index is 2.00. The number of nitro groups is 1. The summed E-state index contributed by atoms with van der Waals surface area (Å²) in [6, 6.07) is 6.32. The minimum atomic E-state index is -0.334. The quantitative estimate of drug-likeness (QED) is 0.472. The molecule has 1 unspecified atom stereocenters. The lowest BCUT2D eigenvalue weighted by Gasteiger charge is -2.25. The molecule has 19 heavy (non-hydrogen) atoms. The van der Waals surface area contributed by atoms with Crippen LogP contribution in [0.1, 0.15) is 19.8 Å². The standard InChI is InChI=1S/C13H18IN3O2/c1-9(16(2)11-4-5-11)8-15-12-6-3-10(14)7-13(12)17(18)19/h3,6-7,9,11,15H,4-5,8H2,1-2H3. The number of nitrogens with zero attached hydrogens (tertiary/aromatic N) is 2. The molecule has 5 nitrogen and oxygen atoms in total. The van der Waals surface area contributed by atoms with Gasteiger partial charge in [0.25, 0.3) is 5.69 Å². The highest BCUT2D eigenvalue weighted by Crippen LogP contribution is 2.28. The molecule has 1 aromatic rings. The molecule has 2 rings (SSSR count). The molecule has 0 radical (unpaired) electrons. The maximum absolute atomic E-state index is 11.0. The summed E-state index contributed by atoms with van der Waals surface area (Å²) in [4.78, 5) is 13.0. The highest BCUT2D eigenvalue weighted by atomic mass is 127. The van der Waals surface area contributed by atoms with Crippen molar-refractivity contribution in [1.82, 2.24) is 4.90 Å². The molecule has 1 aliphatic rings. The highest BCUT2D eigenvalue weighted by Gasteiger charge is 2.29. The van der Waals surface area contributed by atoms with Crippen LogP contribution in [0.4, 0.5) is 11.4 Å². The first-order valence-corrected chi connectivity index (χ1v) is 7.46. The van der Waals surface area contributed by atoms with Gasteiger partial charge in [0.05, 0.1) is 4.92 Å². The molecule has 6 heteroatoms. The smallest absolute Gasteiger partial charge is 0.293 e. The van der Waals surface area contributed by atoms with Gasteiger partial charge in [-0.05, 0) is 61.5 Å². The van der Waals surface area contributed by atoms with E-state index in [9.17, 15) is 10.1 Å². The number of hydrogen-bond donors (Lipinski definition) is 1. The lowest BCUT2D eigenvalue weighted by Crippen LogP contribution is -2.36. The first-order chi connectivity index (χ1) is 8.99. The van der Waals surface area contributed by atoms with Crippen LogP contribution in [0.3, 0.4) is 0 Å². The lowest BCUT2D eigenvalue weighted by molar-refractivity contribution is -0.384. The van der Waals surface area contributed by atoms with Crippen LogP contribution in [-0.4, -0.2) is 35.5 Å². The third-order valence-electron chi connectivity index (χ3n) is 3.56. The summed E-state index contributed by atoms with van der Waals surface area (Å²) in [5, 5.41) is 14.2. The van der Waals surface area contributed by atoms with Crippen molar-refractivity contribution in [2.45, 2.75) is 31.8 Å². The van der Waals surface area contributed by atoms with Gasteiger partial charge in [0, 0.05) is 28.3 Å². The Labute approximate surface area is 126 Å². The Morgan fingerprint density at radius 1 is 1.58 bits per heavy atom. The van der Waals surface area contributed by atoms with Gasteiger partial charge in [-0.1, -0.05) is 0 Å². The second-order valence-electron chi connectivity index (χ2n) is 5.05. The van der Waals surface area contributed by atoms with Crippen LogP contribution in [0.25, 0.3) is 0 Å². The fraction of sp³-hybridized carbons (Fsp3) is 0.538. The molecule has 0 heterocycles. The first kappa shape index (κ1) is 14.5. The van der Waals surface area contributed by atoms with E-state index in [1.807, 2.05) is 6.07 Å². The Kier molecular flexibility index (Phi) is 4.62. The summed E-state index contributed by atoms with van der Waals surface area (Å²) >= 11 is 2.08. The van der Waals surface area contributed by atoms with Gasteiger partial charge in [-0.2, -0.15) is 0 Å². The predicted molar refractivity (Wildman–Crippen MR) is 84.6 cm³/mol. The molecule has 0 aliphatic heterocycles. The van der Waals surface area contributed by atoms with E-state index in [1.54, 1.807) is 12.1 Å². The molecule has 0 spiro atoms. The molecule has 1 saturated carbocycles. The van der Waals surface area contributed by atoms with E-state index in [2.05, 4.69) is 46.8 Å². The number of anilines is 1. The maximum atomic E-state index is 11.0. The van der Waals surface area contributed by atoms with E-state index in [0.29, 0.717) is 24.3 Å². The average molecular weight is 375 g/mol. The molecule has 1 atom stereocenters. The minimum absolute atomic E-state index is 0.146. The van der Waals surface area contributed by atoms with Crippen molar-refractivity contribution >= 4 is 34.0 Å². The zero-order valence-corrected chi connectivity index (χ0v) is 13.3. The van der Waals surface area contributed by atoms with Crippen LogP contribution < -0.4 is 5.32 Å². The van der Waals surface area contributed by atoms with Crippen molar-refractivity contribution in [2.75, 3.05) is 18.9 Å². The van der Waals surface area contributed by atoms with Crippen molar-refractivity contribution in [2.24, 2.45) is 0 Å². The third kappa shape index (κ3) is 3.79. The zero-order chi connectivity index (χ0) is 14.0. The summed E-state index contributed by atoms with van der Waals surface area (Å²) in [6.07, 6.45) is 2.54. The molecule has 0 bridgehead atoms. The summed E-state index contributed by atoms with van der Waals surface area (Å²) in [7, 11) is 2.12. The van der Waals surface area contributed by atoms with Gasteiger partial charge in [-0.25, -0.2) is 0 Å². The van der Waals surface area contributed by atoms with Crippen molar-refractivity contribution in [3.8, 4) is 0 Å². The van der Waals surface area contributed by atoms with Crippen molar-refractivity contribution in [3.05, 3.63) is 31.9 Å². The molecule has 1 aliphatic carbocycles. The fourth-order valence-electron chi connectivity index (χ4n) is 2.05. The third-order valence-corrected chi connectivity index (χ3v) is 4.23. The second kappa shape index (κ2) is 6.04. The molecule has 1 N–H and O–H groups in total. The topological polar surface area (TPSA) is 58.4 Å². The molecule has 0 aromatic heterocycles. The van der Waals surface area contributed by atoms with Crippen LogP contribution >= 0.6 is 22.6 Å². The maximum Gasteiger partial charge on any atom is 0.293 e. The molecular formula is C13H18IN3O2. The summed E-state index contributed by atoms with van der Waals surface area (Å²) < 4.78 is 0.873. The molecule has 0 amide bonds.